The summed E-state index contributed by atoms with van der Waals surface area (Å²) in [5, 5.41) is 3.16. The maximum atomic E-state index is 12.6. The number of nitrogens with zero attached hydrogens (tertiary/aromatic N) is 5. The average molecular weight is 363 g/mol. The molecule has 1 saturated heterocycles. The van der Waals surface area contributed by atoms with Gasteiger partial charge in [-0.1, -0.05) is 27.7 Å². The van der Waals surface area contributed by atoms with E-state index in [1.165, 1.54) is 0 Å². The van der Waals surface area contributed by atoms with Crippen molar-refractivity contribution in [3.05, 3.63) is 18.6 Å². The van der Waals surface area contributed by atoms with Gasteiger partial charge in [-0.3, -0.25) is 9.88 Å². The lowest BCUT2D eigenvalue weighted by Gasteiger charge is -2.36. The summed E-state index contributed by atoms with van der Waals surface area (Å²) in [4.78, 5) is 27.6. The van der Waals surface area contributed by atoms with Crippen LogP contribution in [-0.2, 0) is 0 Å². The van der Waals surface area contributed by atoms with Crippen LogP contribution in [0.15, 0.2) is 18.6 Å². The number of piperazine rings is 1. The molecule has 2 heterocycles. The first-order valence-corrected chi connectivity index (χ1v) is 9.82. The molecule has 2 amide bonds. The SMILES string of the molecule is CCN(CC)C(CNC(=O)N1CCN(c2cnccn2)CC1)CC(C)C. The summed E-state index contributed by atoms with van der Waals surface area (Å²) in [5.74, 6) is 1.50. The van der Waals surface area contributed by atoms with Gasteiger partial charge in [-0.2, -0.15) is 0 Å². The Kier molecular flexibility index (Phi) is 8.09. The molecular formula is C19H34N6O. The zero-order valence-corrected chi connectivity index (χ0v) is 16.7. The van der Waals surface area contributed by atoms with E-state index in [2.05, 4.69) is 52.8 Å². The molecule has 0 aliphatic carbocycles. The van der Waals surface area contributed by atoms with Gasteiger partial charge in [-0.05, 0) is 25.4 Å². The summed E-state index contributed by atoms with van der Waals surface area (Å²) in [6.07, 6.45) is 6.26. The number of hydrogen-bond acceptors (Lipinski definition) is 5. The van der Waals surface area contributed by atoms with Gasteiger partial charge >= 0.3 is 6.03 Å². The molecule has 1 aromatic rings. The largest absolute Gasteiger partial charge is 0.352 e. The van der Waals surface area contributed by atoms with Crippen LogP contribution < -0.4 is 10.2 Å². The van der Waals surface area contributed by atoms with Gasteiger partial charge in [0.2, 0.25) is 0 Å². The quantitative estimate of drug-likeness (QED) is 0.767. The Morgan fingerprint density at radius 3 is 2.42 bits per heavy atom. The second-order valence-corrected chi connectivity index (χ2v) is 7.23. The number of carbonyl (C=O) groups excluding carboxylic acids is 1. The Bertz CT molecular complexity index is 526. The van der Waals surface area contributed by atoms with Crippen molar-refractivity contribution in [1.82, 2.24) is 25.1 Å². The van der Waals surface area contributed by atoms with Crippen LogP contribution in [0.2, 0.25) is 0 Å². The van der Waals surface area contributed by atoms with Crippen molar-refractivity contribution in [3.8, 4) is 0 Å². The third-order valence-corrected chi connectivity index (χ3v) is 5.00. The summed E-state index contributed by atoms with van der Waals surface area (Å²) in [6, 6.07) is 0.444. The molecule has 0 radical (unpaired) electrons. The summed E-state index contributed by atoms with van der Waals surface area (Å²) in [6.45, 7) is 14.6. The van der Waals surface area contributed by atoms with Crippen LogP contribution >= 0.6 is 0 Å². The van der Waals surface area contributed by atoms with E-state index in [1.807, 2.05) is 4.90 Å². The van der Waals surface area contributed by atoms with Gasteiger partial charge in [0.05, 0.1) is 6.20 Å². The molecule has 7 heteroatoms. The lowest BCUT2D eigenvalue weighted by atomic mass is 10.0. The minimum atomic E-state index is 0.0460. The minimum Gasteiger partial charge on any atom is -0.352 e. The predicted octanol–water partition coefficient (Wildman–Crippen LogP) is 2.06. The van der Waals surface area contributed by atoms with Crippen molar-refractivity contribution in [2.45, 2.75) is 40.2 Å². The normalized spacial score (nSPS) is 16.2. The molecule has 1 atom stereocenters. The fourth-order valence-corrected chi connectivity index (χ4v) is 3.56. The number of likely N-dealkylation sites (N-methyl/N-ethyl adjacent to an activating group) is 1. The molecule has 0 bridgehead atoms. The first kappa shape index (κ1) is 20.4. The monoisotopic (exact) mass is 362 g/mol. The Hall–Kier alpha value is -1.89. The highest BCUT2D eigenvalue weighted by Gasteiger charge is 2.23. The molecule has 1 fully saturated rings. The highest BCUT2D eigenvalue weighted by atomic mass is 16.2. The second-order valence-electron chi connectivity index (χ2n) is 7.23. The van der Waals surface area contributed by atoms with Crippen LogP contribution in [0.3, 0.4) is 0 Å². The van der Waals surface area contributed by atoms with Gasteiger partial charge in [0.1, 0.15) is 5.82 Å². The Morgan fingerprint density at radius 1 is 1.19 bits per heavy atom. The van der Waals surface area contributed by atoms with Crippen molar-refractivity contribution >= 4 is 11.8 Å². The standard InChI is InChI=1S/C19H34N6O/c1-5-23(6-2)17(13-16(3)4)14-22-19(26)25-11-9-24(10-12-25)18-15-20-7-8-21-18/h7-8,15-17H,5-6,9-14H2,1-4H3,(H,22,26). The van der Waals surface area contributed by atoms with Crippen molar-refractivity contribution in [1.29, 1.82) is 0 Å². The zero-order chi connectivity index (χ0) is 18.9. The van der Waals surface area contributed by atoms with Gasteiger partial charge in [0.15, 0.2) is 0 Å². The maximum absolute atomic E-state index is 12.6. The molecule has 146 valence electrons. The summed E-state index contributed by atoms with van der Waals surface area (Å²) < 4.78 is 0. The first-order chi connectivity index (χ1) is 12.5. The van der Waals surface area contributed by atoms with Crippen molar-refractivity contribution in [3.63, 3.8) is 0 Å². The van der Waals surface area contributed by atoms with E-state index in [-0.39, 0.29) is 6.03 Å². The van der Waals surface area contributed by atoms with Gasteiger partial charge in [-0.25, -0.2) is 9.78 Å². The molecule has 1 aromatic heterocycles. The number of amides is 2. The lowest BCUT2D eigenvalue weighted by Crippen LogP contribution is -2.54. The summed E-state index contributed by atoms with van der Waals surface area (Å²) in [7, 11) is 0. The minimum absolute atomic E-state index is 0.0460. The van der Waals surface area contributed by atoms with E-state index in [4.69, 9.17) is 0 Å². The van der Waals surface area contributed by atoms with E-state index < -0.39 is 0 Å². The maximum Gasteiger partial charge on any atom is 0.317 e. The topological polar surface area (TPSA) is 64.6 Å². The predicted molar refractivity (Wildman–Crippen MR) is 105 cm³/mol. The van der Waals surface area contributed by atoms with E-state index in [0.717, 1.165) is 38.4 Å². The van der Waals surface area contributed by atoms with Crippen LogP contribution in [0.4, 0.5) is 10.6 Å². The molecule has 1 aliphatic rings. The number of carbonyl (C=O) groups is 1. The number of hydrogen-bond donors (Lipinski definition) is 1. The molecule has 1 unspecified atom stereocenters. The van der Waals surface area contributed by atoms with Crippen LogP contribution in [0.25, 0.3) is 0 Å². The van der Waals surface area contributed by atoms with Gasteiger partial charge < -0.3 is 15.1 Å². The Balaban J connectivity index is 1.82. The number of urea groups is 1. The zero-order valence-electron chi connectivity index (χ0n) is 16.7. The Morgan fingerprint density at radius 2 is 1.88 bits per heavy atom. The van der Waals surface area contributed by atoms with E-state index in [1.54, 1.807) is 18.6 Å². The number of anilines is 1. The van der Waals surface area contributed by atoms with E-state index >= 15 is 0 Å². The molecule has 1 aliphatic heterocycles. The van der Waals surface area contributed by atoms with Crippen LogP contribution in [0.5, 0.6) is 0 Å². The molecule has 7 nitrogen and oxygen atoms in total. The van der Waals surface area contributed by atoms with Gasteiger partial charge in [0, 0.05) is 51.2 Å². The van der Waals surface area contributed by atoms with Crippen molar-refractivity contribution in [2.75, 3.05) is 50.7 Å². The smallest absolute Gasteiger partial charge is 0.317 e. The second kappa shape index (κ2) is 10.3. The highest BCUT2D eigenvalue weighted by Crippen LogP contribution is 2.13. The average Bonchev–Trinajstić information content (AvgIpc) is 2.67. The third kappa shape index (κ3) is 5.83. The number of rotatable bonds is 8. The fourth-order valence-electron chi connectivity index (χ4n) is 3.56. The van der Waals surface area contributed by atoms with Crippen LogP contribution in [0.1, 0.15) is 34.1 Å². The van der Waals surface area contributed by atoms with Crippen molar-refractivity contribution < 1.29 is 4.79 Å². The van der Waals surface area contributed by atoms with Gasteiger partial charge in [0.25, 0.3) is 0 Å². The summed E-state index contributed by atoms with van der Waals surface area (Å²) >= 11 is 0. The van der Waals surface area contributed by atoms with Crippen molar-refractivity contribution in [2.24, 2.45) is 5.92 Å². The molecular weight excluding hydrogens is 328 g/mol. The fraction of sp³-hybridized carbons (Fsp3) is 0.737. The molecule has 1 N–H and O–H groups in total. The van der Waals surface area contributed by atoms with Crippen LogP contribution in [-0.4, -0.2) is 77.7 Å². The number of aromatic nitrogens is 2. The first-order valence-electron chi connectivity index (χ1n) is 9.82. The van der Waals surface area contributed by atoms with Gasteiger partial charge in [-0.15, -0.1) is 0 Å². The Labute approximate surface area is 157 Å². The highest BCUT2D eigenvalue weighted by molar-refractivity contribution is 5.74. The van der Waals surface area contributed by atoms with E-state index in [9.17, 15) is 4.79 Å². The summed E-state index contributed by atoms with van der Waals surface area (Å²) in [5.41, 5.74) is 0. The molecule has 0 saturated carbocycles. The lowest BCUT2D eigenvalue weighted by molar-refractivity contribution is 0.169. The number of nitrogens with one attached hydrogen (secondary N) is 1. The molecule has 26 heavy (non-hydrogen) atoms. The molecule has 0 aromatic carbocycles. The van der Waals surface area contributed by atoms with E-state index in [0.29, 0.717) is 31.6 Å². The molecule has 2 rings (SSSR count). The molecule has 0 spiro atoms. The third-order valence-electron chi connectivity index (χ3n) is 5.00. The van der Waals surface area contributed by atoms with Crippen LogP contribution in [0, 0.1) is 5.92 Å².